The van der Waals surface area contributed by atoms with Gasteiger partial charge in [-0.25, -0.2) is 4.98 Å². The van der Waals surface area contributed by atoms with Crippen LogP contribution < -0.4 is 0 Å². The van der Waals surface area contributed by atoms with Crippen LogP contribution in [0.4, 0.5) is 0 Å². The summed E-state index contributed by atoms with van der Waals surface area (Å²) in [5, 5.41) is 12.0. The minimum atomic E-state index is 0.586. The predicted molar refractivity (Wildman–Crippen MR) is 247 cm³/mol. The van der Waals surface area contributed by atoms with Gasteiger partial charge in [-0.05, 0) is 76.1 Å². The molecule has 274 valence electrons. The van der Waals surface area contributed by atoms with Gasteiger partial charge in [0.1, 0.15) is 0 Å². The average molecular weight is 770 g/mol. The Morgan fingerprint density at radius 2 is 0.932 bits per heavy atom. The molecule has 0 saturated heterocycles. The third kappa shape index (κ3) is 4.81. The molecule has 0 atom stereocenters. The molecule has 9 aromatic carbocycles. The van der Waals surface area contributed by atoms with Gasteiger partial charge in [-0.1, -0.05) is 133 Å². The fourth-order valence-electron chi connectivity index (χ4n) is 9.27. The number of benzene rings is 9. The molecule has 6 heteroatoms. The zero-order chi connectivity index (χ0) is 38.6. The van der Waals surface area contributed by atoms with Crippen LogP contribution in [-0.2, 0) is 0 Å². The smallest absolute Gasteiger partial charge is 0.238 e. The van der Waals surface area contributed by atoms with Crippen LogP contribution in [0.2, 0.25) is 0 Å². The van der Waals surface area contributed by atoms with Crippen molar-refractivity contribution >= 4 is 96.7 Å². The molecular formula is C53H31N5S. The number of hydrogen-bond acceptors (Lipinski definition) is 4. The molecule has 0 unspecified atom stereocenters. The maximum Gasteiger partial charge on any atom is 0.238 e. The van der Waals surface area contributed by atoms with E-state index in [0.717, 1.165) is 48.7 Å². The first-order valence-electron chi connectivity index (χ1n) is 19.9. The molecule has 0 aliphatic carbocycles. The largest absolute Gasteiger partial charge is 0.309 e. The summed E-state index contributed by atoms with van der Waals surface area (Å²) in [7, 11) is 0. The van der Waals surface area contributed by atoms with E-state index < -0.39 is 0 Å². The number of fused-ring (bicyclic) bond motifs is 11. The first-order valence-corrected chi connectivity index (χ1v) is 20.7. The highest BCUT2D eigenvalue weighted by atomic mass is 32.1. The van der Waals surface area contributed by atoms with Crippen molar-refractivity contribution in [2.75, 3.05) is 0 Å². The van der Waals surface area contributed by atoms with Crippen LogP contribution in [0, 0.1) is 0 Å². The van der Waals surface area contributed by atoms with Crippen LogP contribution in [0.15, 0.2) is 188 Å². The maximum absolute atomic E-state index is 5.42. The second-order valence-corrected chi connectivity index (χ2v) is 16.3. The second-order valence-electron chi connectivity index (χ2n) is 15.2. The lowest BCUT2D eigenvalue weighted by Crippen LogP contribution is -2.06. The van der Waals surface area contributed by atoms with Crippen LogP contribution in [0.1, 0.15) is 0 Å². The summed E-state index contributed by atoms with van der Waals surface area (Å²) in [4.78, 5) is 16.1. The number of aromatic nitrogens is 5. The number of thiophene rings is 1. The highest BCUT2D eigenvalue weighted by molar-refractivity contribution is 7.26. The van der Waals surface area contributed by atoms with E-state index in [2.05, 4.69) is 197 Å². The van der Waals surface area contributed by atoms with Crippen molar-refractivity contribution in [3.05, 3.63) is 188 Å². The molecule has 0 N–H and O–H groups in total. The zero-order valence-electron chi connectivity index (χ0n) is 31.5. The topological polar surface area (TPSA) is 48.5 Å². The third-order valence-electron chi connectivity index (χ3n) is 11.9. The first kappa shape index (κ1) is 32.4. The Bertz CT molecular complexity index is 3820. The molecule has 0 aliphatic heterocycles. The molecule has 13 rings (SSSR count). The van der Waals surface area contributed by atoms with Gasteiger partial charge in [-0.15, -0.1) is 11.3 Å². The molecule has 4 aromatic heterocycles. The molecule has 0 bridgehead atoms. The minimum Gasteiger partial charge on any atom is -0.309 e. The molecule has 5 nitrogen and oxygen atoms in total. The monoisotopic (exact) mass is 769 g/mol. The van der Waals surface area contributed by atoms with Gasteiger partial charge in [-0.2, -0.15) is 9.97 Å². The molecular weight excluding hydrogens is 739 g/mol. The van der Waals surface area contributed by atoms with Crippen molar-refractivity contribution in [3.63, 3.8) is 0 Å². The summed E-state index contributed by atoms with van der Waals surface area (Å²) in [6.45, 7) is 0. The normalized spacial score (nSPS) is 12.1. The van der Waals surface area contributed by atoms with Gasteiger partial charge in [0.05, 0.1) is 27.8 Å². The van der Waals surface area contributed by atoms with Crippen molar-refractivity contribution in [2.24, 2.45) is 0 Å². The molecule has 0 fully saturated rings. The molecule has 0 amide bonds. The van der Waals surface area contributed by atoms with Crippen molar-refractivity contribution in [3.8, 4) is 34.4 Å². The van der Waals surface area contributed by atoms with E-state index in [9.17, 15) is 0 Å². The second kappa shape index (κ2) is 12.4. The van der Waals surface area contributed by atoms with Gasteiger partial charge in [0, 0.05) is 52.8 Å². The Hall–Kier alpha value is -7.67. The molecule has 4 heterocycles. The molecule has 0 aliphatic rings. The van der Waals surface area contributed by atoms with Crippen LogP contribution in [-0.4, -0.2) is 24.1 Å². The molecule has 0 spiro atoms. The molecule has 0 saturated carbocycles. The van der Waals surface area contributed by atoms with Crippen molar-refractivity contribution < 1.29 is 0 Å². The third-order valence-corrected chi connectivity index (χ3v) is 13.1. The van der Waals surface area contributed by atoms with Gasteiger partial charge in [0.2, 0.25) is 5.95 Å². The molecule has 0 radical (unpaired) electrons. The summed E-state index contributed by atoms with van der Waals surface area (Å²) >= 11 is 1.80. The standard InChI is InChI=1S/C53H31N5S/c1-2-14-33-29-36(26-25-32(33)13-1)51-54-52(56-53(55-51)58-44-22-10-5-17-37(44)38-18-6-11-23-45(38)58)41-27-28-46(49-40-20-8-12-24-48(40)59-50(41)49)57-43-21-9-7-19-39(43)42-30-34-15-3-4-16-35(34)31-47(42)57/h1-31H. The Kier molecular flexibility index (Phi) is 6.82. The van der Waals surface area contributed by atoms with E-state index >= 15 is 0 Å². The van der Waals surface area contributed by atoms with Gasteiger partial charge in [0.25, 0.3) is 0 Å². The number of hydrogen-bond donors (Lipinski definition) is 0. The lowest BCUT2D eigenvalue weighted by atomic mass is 10.0. The van der Waals surface area contributed by atoms with Crippen molar-refractivity contribution in [2.45, 2.75) is 0 Å². The fraction of sp³-hybridized carbons (Fsp3) is 0. The van der Waals surface area contributed by atoms with Gasteiger partial charge >= 0.3 is 0 Å². The maximum atomic E-state index is 5.42. The van der Waals surface area contributed by atoms with Gasteiger partial charge in [0.15, 0.2) is 11.6 Å². The molecule has 59 heavy (non-hydrogen) atoms. The summed E-state index contributed by atoms with van der Waals surface area (Å²) in [6.07, 6.45) is 0. The number of nitrogens with zero attached hydrogens (tertiary/aromatic N) is 5. The van der Waals surface area contributed by atoms with Crippen LogP contribution in [0.25, 0.3) is 120 Å². The van der Waals surface area contributed by atoms with Crippen molar-refractivity contribution in [1.82, 2.24) is 24.1 Å². The number of rotatable bonds is 4. The zero-order valence-corrected chi connectivity index (χ0v) is 32.4. The van der Waals surface area contributed by atoms with Crippen LogP contribution >= 0.6 is 11.3 Å². The average Bonchev–Trinajstić information content (AvgIpc) is 3.96. The highest BCUT2D eigenvalue weighted by Crippen LogP contribution is 2.45. The lowest BCUT2D eigenvalue weighted by molar-refractivity contribution is 0.954. The van der Waals surface area contributed by atoms with Gasteiger partial charge in [-0.3, -0.25) is 4.57 Å². The van der Waals surface area contributed by atoms with E-state index in [1.54, 1.807) is 11.3 Å². The summed E-state index contributed by atoms with van der Waals surface area (Å²) in [5.74, 6) is 1.85. The van der Waals surface area contributed by atoms with Gasteiger partial charge < -0.3 is 4.57 Å². The summed E-state index contributed by atoms with van der Waals surface area (Å²) in [5.41, 5.74) is 7.51. The highest BCUT2D eigenvalue weighted by Gasteiger charge is 2.23. The van der Waals surface area contributed by atoms with E-state index in [4.69, 9.17) is 15.0 Å². The summed E-state index contributed by atoms with van der Waals surface area (Å²) < 4.78 is 7.01. The Balaban J connectivity index is 1.12. The Morgan fingerprint density at radius 1 is 0.373 bits per heavy atom. The minimum absolute atomic E-state index is 0.586. The Labute approximate surface area is 341 Å². The Morgan fingerprint density at radius 3 is 1.66 bits per heavy atom. The predicted octanol–water partition coefficient (Wildman–Crippen LogP) is 14.1. The van der Waals surface area contributed by atoms with Crippen LogP contribution in [0.5, 0.6) is 0 Å². The van der Waals surface area contributed by atoms with E-state index in [0.29, 0.717) is 17.6 Å². The van der Waals surface area contributed by atoms with E-state index in [1.807, 2.05) is 0 Å². The fourth-order valence-corrected chi connectivity index (χ4v) is 10.5. The first-order chi connectivity index (χ1) is 29.2. The quantitative estimate of drug-likeness (QED) is 0.179. The summed E-state index contributed by atoms with van der Waals surface area (Å²) in [6, 6.07) is 67.3. The molecule has 13 aromatic rings. The lowest BCUT2D eigenvalue weighted by Gasteiger charge is -2.14. The van der Waals surface area contributed by atoms with E-state index in [-0.39, 0.29) is 0 Å². The SMILES string of the molecule is c1ccc2cc(-c3nc(-c4ccc(-n5c6ccccc6c6cc7ccccc7cc65)c5c4sc4ccccc45)nc(-n4c5ccccc5c5ccccc54)n3)ccc2c1. The van der Waals surface area contributed by atoms with Crippen LogP contribution in [0.3, 0.4) is 0 Å². The van der Waals surface area contributed by atoms with E-state index in [1.165, 1.54) is 53.4 Å². The van der Waals surface area contributed by atoms with Crippen molar-refractivity contribution in [1.29, 1.82) is 0 Å². The number of para-hydroxylation sites is 3.